The van der Waals surface area contributed by atoms with Gasteiger partial charge in [-0.2, -0.15) is 0 Å². The van der Waals surface area contributed by atoms with E-state index in [1.165, 1.54) is 4.68 Å². The van der Waals surface area contributed by atoms with Crippen molar-refractivity contribution in [1.82, 2.24) is 15.0 Å². The van der Waals surface area contributed by atoms with Crippen LogP contribution in [0.2, 0.25) is 10.0 Å². The molecule has 16 heavy (non-hydrogen) atoms. The second kappa shape index (κ2) is 4.41. The van der Waals surface area contributed by atoms with E-state index in [0.29, 0.717) is 21.3 Å². The molecule has 2 rings (SSSR count). The molecule has 1 N–H and O–H groups in total. The number of aliphatic hydroxyl groups is 1. The predicted molar refractivity (Wildman–Crippen MR) is 61.5 cm³/mol. The molecular weight excluding hydrogens is 249 g/mol. The van der Waals surface area contributed by atoms with Gasteiger partial charge < -0.3 is 5.11 Å². The summed E-state index contributed by atoms with van der Waals surface area (Å²) in [6.07, 6.45) is 0.744. The minimum absolute atomic E-state index is 0.408. The maximum Gasteiger partial charge on any atom is 0.126 e. The molecule has 6 heteroatoms. The van der Waals surface area contributed by atoms with E-state index in [1.807, 2.05) is 0 Å². The Kier molecular flexibility index (Phi) is 3.14. The van der Waals surface area contributed by atoms with Crippen molar-refractivity contribution in [2.45, 2.75) is 6.10 Å². The maximum atomic E-state index is 10.0. The molecular formula is C10H9Cl2N3O. The van der Waals surface area contributed by atoms with Crippen molar-refractivity contribution >= 4 is 23.2 Å². The van der Waals surface area contributed by atoms with Gasteiger partial charge in [-0.15, -0.1) is 5.10 Å². The Bertz CT molecular complexity index is 513. The first kappa shape index (κ1) is 11.4. The van der Waals surface area contributed by atoms with Gasteiger partial charge in [0, 0.05) is 22.7 Å². The summed E-state index contributed by atoms with van der Waals surface area (Å²) in [4.78, 5) is 0. The van der Waals surface area contributed by atoms with Gasteiger partial charge >= 0.3 is 0 Å². The number of nitrogens with zero attached hydrogens (tertiary/aromatic N) is 3. The molecule has 0 saturated heterocycles. The van der Waals surface area contributed by atoms with Gasteiger partial charge in [-0.1, -0.05) is 34.5 Å². The first-order chi connectivity index (χ1) is 7.58. The molecule has 4 nitrogen and oxygen atoms in total. The lowest BCUT2D eigenvalue weighted by atomic mass is 10.1. The quantitative estimate of drug-likeness (QED) is 0.898. The highest BCUT2D eigenvalue weighted by molar-refractivity contribution is 6.35. The van der Waals surface area contributed by atoms with E-state index < -0.39 is 6.10 Å². The van der Waals surface area contributed by atoms with Gasteiger partial charge in [0.1, 0.15) is 11.8 Å². The van der Waals surface area contributed by atoms with Crippen LogP contribution in [0.5, 0.6) is 0 Å². The van der Waals surface area contributed by atoms with Crippen LogP contribution >= 0.6 is 23.2 Å². The topological polar surface area (TPSA) is 50.9 Å². The average Bonchev–Trinajstić information content (AvgIpc) is 2.64. The van der Waals surface area contributed by atoms with Crippen molar-refractivity contribution in [1.29, 1.82) is 0 Å². The second-order valence-electron chi connectivity index (χ2n) is 3.39. The van der Waals surface area contributed by atoms with Crippen LogP contribution in [0.15, 0.2) is 24.4 Å². The fraction of sp³-hybridized carbons (Fsp3) is 0.200. The zero-order valence-electron chi connectivity index (χ0n) is 8.43. The lowest BCUT2D eigenvalue weighted by Gasteiger charge is -2.09. The lowest BCUT2D eigenvalue weighted by Crippen LogP contribution is -2.01. The van der Waals surface area contributed by atoms with Crippen molar-refractivity contribution in [3.8, 4) is 0 Å². The minimum atomic E-state index is -0.890. The summed E-state index contributed by atoms with van der Waals surface area (Å²) in [6, 6.07) is 4.92. The molecule has 0 fully saturated rings. The standard InChI is InChI=1S/C10H9Cl2N3O/c1-15-5-9(13-14-15)10(16)7-3-2-6(11)4-8(7)12/h2-5,10,16H,1H3. The van der Waals surface area contributed by atoms with Crippen molar-refractivity contribution in [3.05, 3.63) is 45.7 Å². The summed E-state index contributed by atoms with van der Waals surface area (Å²) in [7, 11) is 1.73. The van der Waals surface area contributed by atoms with Gasteiger partial charge in [0.25, 0.3) is 0 Å². The van der Waals surface area contributed by atoms with Gasteiger partial charge in [0.05, 0.1) is 6.20 Å². The SMILES string of the molecule is Cn1cc(C(O)c2ccc(Cl)cc2Cl)nn1. The zero-order valence-corrected chi connectivity index (χ0v) is 9.94. The second-order valence-corrected chi connectivity index (χ2v) is 4.23. The summed E-state index contributed by atoms with van der Waals surface area (Å²) >= 11 is 11.8. The van der Waals surface area contributed by atoms with Crippen molar-refractivity contribution < 1.29 is 5.11 Å². The lowest BCUT2D eigenvalue weighted by molar-refractivity contribution is 0.215. The first-order valence-electron chi connectivity index (χ1n) is 4.57. The van der Waals surface area contributed by atoms with Crippen LogP contribution in [0.25, 0.3) is 0 Å². The van der Waals surface area contributed by atoms with Crippen molar-refractivity contribution in [2.24, 2.45) is 7.05 Å². The van der Waals surface area contributed by atoms with Crippen molar-refractivity contribution in [2.75, 3.05) is 0 Å². The third-order valence-electron chi connectivity index (χ3n) is 2.16. The van der Waals surface area contributed by atoms with E-state index in [4.69, 9.17) is 23.2 Å². The van der Waals surface area contributed by atoms with Gasteiger partial charge in [-0.25, -0.2) is 0 Å². The molecule has 0 aliphatic heterocycles. The molecule has 1 unspecified atom stereocenters. The number of halogens is 2. The minimum Gasteiger partial charge on any atom is -0.382 e. The molecule has 1 aromatic heterocycles. The molecule has 0 aliphatic carbocycles. The molecule has 0 spiro atoms. The molecule has 1 aromatic carbocycles. The first-order valence-corrected chi connectivity index (χ1v) is 5.33. The largest absolute Gasteiger partial charge is 0.382 e. The number of benzene rings is 1. The number of aryl methyl sites for hydroxylation is 1. The van der Waals surface area contributed by atoms with Crippen LogP contribution in [0.3, 0.4) is 0 Å². The molecule has 0 bridgehead atoms. The van der Waals surface area contributed by atoms with Crippen molar-refractivity contribution in [3.63, 3.8) is 0 Å². The number of aromatic nitrogens is 3. The van der Waals surface area contributed by atoms with Crippen LogP contribution in [0.4, 0.5) is 0 Å². The summed E-state index contributed by atoms with van der Waals surface area (Å²) in [5.41, 5.74) is 1.01. The maximum absolute atomic E-state index is 10.0. The Hall–Kier alpha value is -1.10. The fourth-order valence-electron chi connectivity index (χ4n) is 1.37. The van der Waals surface area contributed by atoms with Crippen LogP contribution in [-0.2, 0) is 7.05 Å². The summed E-state index contributed by atoms with van der Waals surface area (Å²) < 4.78 is 1.52. The van der Waals surface area contributed by atoms with Crippen LogP contribution < -0.4 is 0 Å². The fourth-order valence-corrected chi connectivity index (χ4v) is 1.88. The Balaban J connectivity index is 2.37. The van der Waals surface area contributed by atoms with Crippen LogP contribution in [0, 0.1) is 0 Å². The molecule has 0 aliphatic rings. The van der Waals surface area contributed by atoms with Gasteiger partial charge in [-0.3, -0.25) is 4.68 Å². The third kappa shape index (κ3) is 2.19. The Morgan fingerprint density at radius 3 is 2.69 bits per heavy atom. The molecule has 0 saturated carbocycles. The van der Waals surface area contributed by atoms with Crippen LogP contribution in [0.1, 0.15) is 17.4 Å². The zero-order chi connectivity index (χ0) is 11.7. The Labute approximate surface area is 102 Å². The van der Waals surface area contributed by atoms with Crippen LogP contribution in [-0.4, -0.2) is 20.1 Å². The van der Waals surface area contributed by atoms with Gasteiger partial charge in [-0.05, 0) is 12.1 Å². The predicted octanol–water partition coefficient (Wildman–Crippen LogP) is 2.20. The number of hydrogen-bond donors (Lipinski definition) is 1. The average molecular weight is 258 g/mol. The highest BCUT2D eigenvalue weighted by Gasteiger charge is 2.17. The number of aliphatic hydroxyl groups excluding tert-OH is 1. The van der Waals surface area contributed by atoms with E-state index >= 15 is 0 Å². The summed E-state index contributed by atoms with van der Waals surface area (Å²) in [6.45, 7) is 0. The number of hydrogen-bond acceptors (Lipinski definition) is 3. The molecule has 84 valence electrons. The number of rotatable bonds is 2. The summed E-state index contributed by atoms with van der Waals surface area (Å²) in [5, 5.41) is 18.5. The Morgan fingerprint density at radius 2 is 2.12 bits per heavy atom. The van der Waals surface area contributed by atoms with E-state index in [1.54, 1.807) is 31.4 Å². The highest BCUT2D eigenvalue weighted by Crippen LogP contribution is 2.29. The van der Waals surface area contributed by atoms with Gasteiger partial charge in [0.15, 0.2) is 0 Å². The van der Waals surface area contributed by atoms with E-state index in [-0.39, 0.29) is 0 Å². The monoisotopic (exact) mass is 257 g/mol. The smallest absolute Gasteiger partial charge is 0.126 e. The third-order valence-corrected chi connectivity index (χ3v) is 2.72. The Morgan fingerprint density at radius 1 is 1.38 bits per heavy atom. The molecule has 1 heterocycles. The van der Waals surface area contributed by atoms with Gasteiger partial charge in [0.2, 0.25) is 0 Å². The normalized spacial score (nSPS) is 12.8. The van der Waals surface area contributed by atoms with E-state index in [9.17, 15) is 5.11 Å². The molecule has 1 atom stereocenters. The summed E-state index contributed by atoms with van der Waals surface area (Å²) in [5.74, 6) is 0. The van der Waals surface area contributed by atoms with E-state index in [0.717, 1.165) is 0 Å². The highest BCUT2D eigenvalue weighted by atomic mass is 35.5. The molecule has 2 aromatic rings. The molecule has 0 amide bonds. The molecule has 0 radical (unpaired) electrons. The van der Waals surface area contributed by atoms with E-state index in [2.05, 4.69) is 10.3 Å².